The molecule has 3 heteroatoms. The van der Waals surface area contributed by atoms with Crippen LogP contribution >= 0.6 is 0 Å². The van der Waals surface area contributed by atoms with Crippen LogP contribution in [-0.2, 0) is 4.74 Å². The number of hydrogen-bond donors (Lipinski definition) is 1. The van der Waals surface area contributed by atoms with Gasteiger partial charge in [-0.05, 0) is 6.42 Å². The molecule has 1 N–H and O–H groups in total. The van der Waals surface area contributed by atoms with Crippen molar-refractivity contribution in [1.82, 2.24) is 10.4 Å². The van der Waals surface area contributed by atoms with Crippen molar-refractivity contribution in [2.45, 2.75) is 12.5 Å². The molecule has 46 valence electrons. The van der Waals surface area contributed by atoms with Gasteiger partial charge in [0.2, 0.25) is 0 Å². The molecule has 0 aromatic carbocycles. The van der Waals surface area contributed by atoms with Gasteiger partial charge in [-0.25, -0.2) is 5.01 Å². The van der Waals surface area contributed by atoms with E-state index in [4.69, 9.17) is 4.74 Å². The highest BCUT2D eigenvalue weighted by atomic mass is 16.5. The molecular formula is C5H10N2O. The van der Waals surface area contributed by atoms with Gasteiger partial charge >= 0.3 is 0 Å². The Balaban J connectivity index is 2.03. The number of hydrazine groups is 1. The summed E-state index contributed by atoms with van der Waals surface area (Å²) in [4.78, 5) is 0. The third kappa shape index (κ3) is 0.632. The molecular weight excluding hydrogens is 104 g/mol. The van der Waals surface area contributed by atoms with Crippen molar-refractivity contribution in [1.29, 1.82) is 0 Å². The summed E-state index contributed by atoms with van der Waals surface area (Å²) in [6.07, 6.45) is 1.70. The molecule has 2 atom stereocenters. The largest absolute Gasteiger partial charge is 0.360 e. The fraction of sp³-hybridized carbons (Fsp3) is 1.00. The molecule has 2 rings (SSSR count). The average Bonchev–Trinajstić information content (AvgIpc) is 2.12. The molecule has 0 spiro atoms. The van der Waals surface area contributed by atoms with E-state index in [9.17, 15) is 0 Å². The van der Waals surface area contributed by atoms with Crippen LogP contribution in [0.15, 0.2) is 0 Å². The standard InChI is InChI=1S/C5H10N2O/c1-2-6-7-3-5(1)8-4-7/h5-6H,1-4H2. The van der Waals surface area contributed by atoms with Crippen LogP contribution < -0.4 is 5.43 Å². The zero-order valence-electron chi connectivity index (χ0n) is 4.76. The molecule has 2 aliphatic heterocycles. The van der Waals surface area contributed by atoms with Gasteiger partial charge in [-0.1, -0.05) is 0 Å². The van der Waals surface area contributed by atoms with Gasteiger partial charge in [0, 0.05) is 13.1 Å². The van der Waals surface area contributed by atoms with Crippen LogP contribution in [0.3, 0.4) is 0 Å². The molecule has 2 heterocycles. The molecule has 0 saturated carbocycles. The van der Waals surface area contributed by atoms with Crippen LogP contribution in [0, 0.1) is 0 Å². The zero-order chi connectivity index (χ0) is 5.40. The average molecular weight is 114 g/mol. The third-order valence-electron chi connectivity index (χ3n) is 1.69. The number of nitrogens with one attached hydrogen (secondary N) is 1. The van der Waals surface area contributed by atoms with Crippen molar-refractivity contribution < 1.29 is 4.74 Å². The van der Waals surface area contributed by atoms with Crippen LogP contribution in [0.25, 0.3) is 0 Å². The fourth-order valence-corrected chi connectivity index (χ4v) is 1.22. The smallest absolute Gasteiger partial charge is 0.112 e. The van der Waals surface area contributed by atoms with Gasteiger partial charge in [-0.15, -0.1) is 0 Å². The van der Waals surface area contributed by atoms with E-state index in [2.05, 4.69) is 10.4 Å². The predicted octanol–water partition coefficient (Wildman–Crippen LogP) is -0.447. The molecule has 2 fully saturated rings. The summed E-state index contributed by atoms with van der Waals surface area (Å²) in [5.41, 5.74) is 3.22. The fourth-order valence-electron chi connectivity index (χ4n) is 1.22. The van der Waals surface area contributed by atoms with Crippen molar-refractivity contribution in [2.75, 3.05) is 19.8 Å². The second-order valence-corrected chi connectivity index (χ2v) is 2.34. The summed E-state index contributed by atoms with van der Waals surface area (Å²) >= 11 is 0. The second kappa shape index (κ2) is 1.69. The first-order valence-corrected chi connectivity index (χ1v) is 3.05. The molecule has 0 radical (unpaired) electrons. The molecule has 0 aromatic rings. The van der Waals surface area contributed by atoms with E-state index in [-0.39, 0.29) is 0 Å². The molecule has 2 bridgehead atoms. The molecule has 0 amide bonds. The lowest BCUT2D eigenvalue weighted by Crippen LogP contribution is -2.41. The van der Waals surface area contributed by atoms with E-state index in [1.807, 2.05) is 0 Å². The van der Waals surface area contributed by atoms with E-state index >= 15 is 0 Å². The second-order valence-electron chi connectivity index (χ2n) is 2.34. The molecule has 2 aliphatic rings. The number of fused-ring (bicyclic) bond motifs is 2. The van der Waals surface area contributed by atoms with Crippen molar-refractivity contribution in [3.8, 4) is 0 Å². The molecule has 3 nitrogen and oxygen atoms in total. The molecule has 2 saturated heterocycles. The minimum Gasteiger partial charge on any atom is -0.360 e. The summed E-state index contributed by atoms with van der Waals surface area (Å²) in [5, 5.41) is 2.12. The summed E-state index contributed by atoms with van der Waals surface area (Å²) < 4.78 is 5.34. The van der Waals surface area contributed by atoms with E-state index in [0.29, 0.717) is 6.10 Å². The normalized spacial score (nSPS) is 45.0. The highest BCUT2D eigenvalue weighted by Crippen LogP contribution is 2.12. The Morgan fingerprint density at radius 1 is 1.62 bits per heavy atom. The predicted molar refractivity (Wildman–Crippen MR) is 29.1 cm³/mol. The maximum absolute atomic E-state index is 5.34. The van der Waals surface area contributed by atoms with Gasteiger partial charge in [0.15, 0.2) is 0 Å². The van der Waals surface area contributed by atoms with Gasteiger partial charge in [-0.3, -0.25) is 5.43 Å². The maximum atomic E-state index is 5.34. The van der Waals surface area contributed by atoms with E-state index in [0.717, 1.165) is 19.8 Å². The van der Waals surface area contributed by atoms with Crippen molar-refractivity contribution in [2.24, 2.45) is 0 Å². The van der Waals surface area contributed by atoms with Crippen molar-refractivity contribution in [3.05, 3.63) is 0 Å². The summed E-state index contributed by atoms with van der Waals surface area (Å²) in [7, 11) is 0. The number of hydrogen-bond acceptors (Lipinski definition) is 3. The first-order valence-electron chi connectivity index (χ1n) is 3.05. The lowest BCUT2D eigenvalue weighted by Gasteiger charge is -2.19. The number of nitrogens with zero attached hydrogens (tertiary/aromatic N) is 1. The summed E-state index contributed by atoms with van der Waals surface area (Å²) in [5.74, 6) is 0. The highest BCUT2D eigenvalue weighted by Gasteiger charge is 2.26. The Morgan fingerprint density at radius 2 is 2.62 bits per heavy atom. The van der Waals surface area contributed by atoms with Gasteiger partial charge in [0.25, 0.3) is 0 Å². The number of ether oxygens (including phenoxy) is 1. The zero-order valence-corrected chi connectivity index (χ0v) is 4.76. The van der Waals surface area contributed by atoms with Crippen molar-refractivity contribution in [3.63, 3.8) is 0 Å². The Morgan fingerprint density at radius 3 is 3.38 bits per heavy atom. The van der Waals surface area contributed by atoms with Crippen LogP contribution in [0.4, 0.5) is 0 Å². The minimum atomic E-state index is 0.524. The first kappa shape index (κ1) is 4.73. The summed E-state index contributed by atoms with van der Waals surface area (Å²) in [6, 6.07) is 0. The number of rotatable bonds is 0. The Bertz CT molecular complexity index is 82.4. The van der Waals surface area contributed by atoms with Crippen LogP contribution in [0.5, 0.6) is 0 Å². The quantitative estimate of drug-likeness (QED) is 0.461. The van der Waals surface area contributed by atoms with Gasteiger partial charge in [0.05, 0.1) is 6.10 Å². The van der Waals surface area contributed by atoms with E-state index in [1.54, 1.807) is 0 Å². The lowest BCUT2D eigenvalue weighted by atomic mass is 10.2. The monoisotopic (exact) mass is 114 g/mol. The minimum absolute atomic E-state index is 0.524. The third-order valence-corrected chi connectivity index (χ3v) is 1.69. The Labute approximate surface area is 48.6 Å². The Kier molecular flexibility index (Phi) is 0.997. The molecule has 0 aromatic heterocycles. The van der Waals surface area contributed by atoms with E-state index < -0.39 is 0 Å². The topological polar surface area (TPSA) is 24.5 Å². The molecule has 8 heavy (non-hydrogen) atoms. The first-order chi connectivity index (χ1) is 3.95. The van der Waals surface area contributed by atoms with Crippen LogP contribution in [0.2, 0.25) is 0 Å². The summed E-state index contributed by atoms with van der Waals surface area (Å²) in [6.45, 7) is 2.95. The van der Waals surface area contributed by atoms with Crippen molar-refractivity contribution >= 4 is 0 Å². The molecule has 2 unspecified atom stereocenters. The van der Waals surface area contributed by atoms with Gasteiger partial charge in [-0.2, -0.15) is 0 Å². The van der Waals surface area contributed by atoms with Crippen LogP contribution in [-0.4, -0.2) is 30.9 Å². The molecule has 0 aliphatic carbocycles. The van der Waals surface area contributed by atoms with E-state index in [1.165, 1.54) is 6.42 Å². The Hall–Kier alpha value is -0.120. The highest BCUT2D eigenvalue weighted by molar-refractivity contribution is 4.73. The van der Waals surface area contributed by atoms with Crippen LogP contribution in [0.1, 0.15) is 6.42 Å². The van der Waals surface area contributed by atoms with Gasteiger partial charge < -0.3 is 4.74 Å². The maximum Gasteiger partial charge on any atom is 0.112 e. The lowest BCUT2D eigenvalue weighted by molar-refractivity contribution is 0.0975. The van der Waals surface area contributed by atoms with Gasteiger partial charge in [0.1, 0.15) is 6.73 Å². The SMILES string of the molecule is C1CC2CN(CO2)N1.